The fraction of sp³-hybridized carbons (Fsp3) is 0.200. The third kappa shape index (κ3) is 4.15. The zero-order chi connectivity index (χ0) is 25.7. The number of rotatable bonds is 7. The molecule has 0 spiro atoms. The van der Waals surface area contributed by atoms with Crippen LogP contribution in [0.1, 0.15) is 16.1 Å². The SMILES string of the molecule is COC1(c2onc(-c3c(Cl)cc(Cl)cc3Cl)c2C(=O)O)CN(S(=O)(=O)c2ccccc2[N+](=O)[O-])C1. The number of nitro benzene ring substituents is 1. The van der Waals surface area contributed by atoms with Gasteiger partial charge in [0.1, 0.15) is 11.3 Å². The molecule has 0 aliphatic carbocycles. The Morgan fingerprint density at radius 2 is 1.83 bits per heavy atom. The van der Waals surface area contributed by atoms with Gasteiger partial charge in [0.2, 0.25) is 10.0 Å². The van der Waals surface area contributed by atoms with Crippen LogP contribution >= 0.6 is 34.8 Å². The molecule has 11 nitrogen and oxygen atoms in total. The number of benzene rings is 2. The summed E-state index contributed by atoms with van der Waals surface area (Å²) >= 11 is 18.4. The van der Waals surface area contributed by atoms with Crippen molar-refractivity contribution in [1.29, 1.82) is 0 Å². The molecule has 0 radical (unpaired) electrons. The van der Waals surface area contributed by atoms with Crippen molar-refractivity contribution in [3.8, 4) is 11.3 Å². The van der Waals surface area contributed by atoms with E-state index in [1.54, 1.807) is 0 Å². The van der Waals surface area contributed by atoms with Crippen molar-refractivity contribution >= 4 is 56.5 Å². The Balaban J connectivity index is 1.76. The molecule has 2 heterocycles. The van der Waals surface area contributed by atoms with Gasteiger partial charge in [0, 0.05) is 23.8 Å². The minimum Gasteiger partial charge on any atom is -0.477 e. The van der Waals surface area contributed by atoms with Gasteiger partial charge in [0.05, 0.1) is 28.1 Å². The first-order valence-corrected chi connectivity index (χ1v) is 12.2. The molecule has 1 aromatic heterocycles. The van der Waals surface area contributed by atoms with E-state index in [9.17, 15) is 28.4 Å². The van der Waals surface area contributed by atoms with Gasteiger partial charge in [-0.15, -0.1) is 0 Å². The maximum absolute atomic E-state index is 13.1. The maximum atomic E-state index is 13.1. The molecule has 1 N–H and O–H groups in total. The summed E-state index contributed by atoms with van der Waals surface area (Å²) in [6, 6.07) is 7.58. The topological polar surface area (TPSA) is 153 Å². The van der Waals surface area contributed by atoms with Crippen LogP contribution in [0.15, 0.2) is 45.8 Å². The van der Waals surface area contributed by atoms with Crippen molar-refractivity contribution in [2.24, 2.45) is 0 Å². The molecule has 1 aliphatic rings. The lowest BCUT2D eigenvalue weighted by Gasteiger charge is -2.46. The molecule has 184 valence electrons. The normalized spacial score (nSPS) is 15.5. The minimum atomic E-state index is -4.32. The lowest BCUT2D eigenvalue weighted by atomic mass is 9.89. The number of sulfonamides is 1. The van der Waals surface area contributed by atoms with Crippen molar-refractivity contribution in [1.82, 2.24) is 9.46 Å². The zero-order valence-electron chi connectivity index (χ0n) is 17.6. The summed E-state index contributed by atoms with van der Waals surface area (Å²) in [4.78, 5) is 22.2. The highest BCUT2D eigenvalue weighted by Crippen LogP contribution is 2.45. The summed E-state index contributed by atoms with van der Waals surface area (Å²) in [5.41, 5.74) is -2.71. The highest BCUT2D eigenvalue weighted by Gasteiger charge is 2.56. The first kappa shape index (κ1) is 25.4. The van der Waals surface area contributed by atoms with Gasteiger partial charge in [-0.3, -0.25) is 10.1 Å². The standard InChI is InChI=1S/C20H14Cl3N3O8S/c1-33-20(8-25(9-20)35(31,32)14-5-3-2-4-13(14)26(29)30)18-16(19(27)28)17(24-34-18)15-11(22)6-10(21)7-12(15)23/h2-7H,8-9H2,1H3,(H,27,28). The number of nitrogens with zero attached hydrogens (tertiary/aromatic N) is 3. The summed E-state index contributed by atoms with van der Waals surface area (Å²) in [7, 11) is -3.08. The monoisotopic (exact) mass is 561 g/mol. The van der Waals surface area contributed by atoms with Crippen LogP contribution in [0.25, 0.3) is 11.3 Å². The number of hydrogen-bond donors (Lipinski definition) is 1. The van der Waals surface area contributed by atoms with Crippen LogP contribution in [-0.2, 0) is 20.4 Å². The number of aromatic nitrogens is 1. The van der Waals surface area contributed by atoms with Gasteiger partial charge >= 0.3 is 5.97 Å². The van der Waals surface area contributed by atoms with Crippen molar-refractivity contribution in [3.05, 3.63) is 72.9 Å². The summed E-state index contributed by atoms with van der Waals surface area (Å²) in [5, 5.41) is 25.3. The Kier molecular flexibility index (Phi) is 6.55. The van der Waals surface area contributed by atoms with Crippen molar-refractivity contribution in [2.45, 2.75) is 10.5 Å². The van der Waals surface area contributed by atoms with E-state index in [1.807, 2.05) is 0 Å². The Labute approximate surface area is 212 Å². The number of hydrogen-bond acceptors (Lipinski definition) is 8. The van der Waals surface area contributed by atoms with Gasteiger partial charge in [-0.1, -0.05) is 52.1 Å². The van der Waals surface area contributed by atoms with Gasteiger partial charge in [-0.25, -0.2) is 13.2 Å². The highest BCUT2D eigenvalue weighted by molar-refractivity contribution is 7.89. The molecule has 0 bridgehead atoms. The van der Waals surface area contributed by atoms with Crippen molar-refractivity contribution < 1.29 is 32.5 Å². The lowest BCUT2D eigenvalue weighted by molar-refractivity contribution is -0.387. The van der Waals surface area contributed by atoms with Gasteiger partial charge in [-0.05, 0) is 18.2 Å². The molecular formula is C20H14Cl3N3O8S. The third-order valence-corrected chi connectivity index (χ3v) is 8.15. The van der Waals surface area contributed by atoms with Gasteiger partial charge < -0.3 is 14.4 Å². The summed E-state index contributed by atoms with van der Waals surface area (Å²) in [6.45, 7) is -0.788. The van der Waals surface area contributed by atoms with E-state index in [-0.39, 0.29) is 32.1 Å². The molecule has 0 unspecified atom stereocenters. The molecule has 3 aromatic rings. The van der Waals surface area contributed by atoms with Crippen LogP contribution in [0, 0.1) is 10.1 Å². The largest absolute Gasteiger partial charge is 0.477 e. The Bertz CT molecular complexity index is 1440. The van der Waals surface area contributed by atoms with E-state index in [1.165, 1.54) is 31.4 Å². The average molecular weight is 563 g/mol. The van der Waals surface area contributed by atoms with Crippen LogP contribution in [0.3, 0.4) is 0 Å². The van der Waals surface area contributed by atoms with E-state index in [4.69, 9.17) is 44.1 Å². The summed E-state index contributed by atoms with van der Waals surface area (Å²) in [6.07, 6.45) is 0. The van der Waals surface area contributed by atoms with Crippen molar-refractivity contribution in [3.63, 3.8) is 0 Å². The Morgan fingerprint density at radius 3 is 2.37 bits per heavy atom. The molecular weight excluding hydrogens is 549 g/mol. The van der Waals surface area contributed by atoms with E-state index in [2.05, 4.69) is 5.16 Å². The average Bonchev–Trinajstić information content (AvgIpc) is 3.17. The molecule has 0 amide bonds. The van der Waals surface area contributed by atoms with E-state index < -0.39 is 55.8 Å². The van der Waals surface area contributed by atoms with Gasteiger partial charge in [0.15, 0.2) is 16.3 Å². The van der Waals surface area contributed by atoms with Gasteiger partial charge in [-0.2, -0.15) is 4.31 Å². The first-order valence-electron chi connectivity index (χ1n) is 9.60. The summed E-state index contributed by atoms with van der Waals surface area (Å²) < 4.78 is 37.9. The lowest BCUT2D eigenvalue weighted by Crippen LogP contribution is -2.62. The zero-order valence-corrected chi connectivity index (χ0v) is 20.7. The van der Waals surface area contributed by atoms with E-state index in [0.717, 1.165) is 16.4 Å². The molecule has 0 atom stereocenters. The van der Waals surface area contributed by atoms with Crippen LogP contribution in [0.4, 0.5) is 5.69 Å². The van der Waals surface area contributed by atoms with Crippen molar-refractivity contribution in [2.75, 3.05) is 20.2 Å². The number of para-hydroxylation sites is 1. The number of halogens is 3. The van der Waals surface area contributed by atoms with E-state index in [0.29, 0.717) is 0 Å². The molecule has 0 saturated carbocycles. The van der Waals surface area contributed by atoms with Crippen LogP contribution < -0.4 is 0 Å². The molecule has 1 aliphatic heterocycles. The predicted molar refractivity (Wildman–Crippen MR) is 124 cm³/mol. The maximum Gasteiger partial charge on any atom is 0.341 e. The Morgan fingerprint density at radius 1 is 1.23 bits per heavy atom. The fourth-order valence-electron chi connectivity index (χ4n) is 3.76. The second-order valence-electron chi connectivity index (χ2n) is 7.48. The quantitative estimate of drug-likeness (QED) is 0.325. The number of carbonyl (C=O) groups is 1. The number of nitro groups is 1. The van der Waals surface area contributed by atoms with Crippen LogP contribution in [-0.4, -0.2) is 54.1 Å². The molecule has 35 heavy (non-hydrogen) atoms. The molecule has 1 saturated heterocycles. The van der Waals surface area contributed by atoms with Crippen LogP contribution in [0.2, 0.25) is 15.1 Å². The predicted octanol–water partition coefficient (Wildman–Crippen LogP) is 4.45. The number of aromatic carboxylic acids is 1. The number of carboxylic acids is 1. The second kappa shape index (κ2) is 9.04. The van der Waals surface area contributed by atoms with Gasteiger partial charge in [0.25, 0.3) is 5.69 Å². The fourth-order valence-corrected chi connectivity index (χ4v) is 6.45. The van der Waals surface area contributed by atoms with E-state index >= 15 is 0 Å². The summed E-state index contributed by atoms with van der Waals surface area (Å²) in [5.74, 6) is -1.71. The second-order valence-corrected chi connectivity index (χ2v) is 10.6. The first-order chi connectivity index (χ1) is 16.4. The highest BCUT2D eigenvalue weighted by atomic mass is 35.5. The Hall–Kier alpha value is -2.74. The number of carboxylic acid groups (broad SMARTS) is 1. The molecule has 15 heteroatoms. The number of ether oxygens (including phenoxy) is 1. The smallest absolute Gasteiger partial charge is 0.341 e. The number of methoxy groups -OCH3 is 1. The molecule has 4 rings (SSSR count). The molecule has 2 aromatic carbocycles. The molecule has 1 fully saturated rings. The van der Waals surface area contributed by atoms with Crippen LogP contribution in [0.5, 0.6) is 0 Å². The minimum absolute atomic E-state index is 0.0190. The third-order valence-electron chi connectivity index (χ3n) is 5.50.